The molecule has 1 N–H and O–H groups in total. The van der Waals surface area contributed by atoms with E-state index in [0.29, 0.717) is 6.04 Å². The first-order chi connectivity index (χ1) is 9.60. The molecule has 0 spiro atoms. The summed E-state index contributed by atoms with van der Waals surface area (Å²) in [5.74, 6) is 0. The lowest BCUT2D eigenvalue weighted by Gasteiger charge is -2.20. The zero-order chi connectivity index (χ0) is 14.5. The van der Waals surface area contributed by atoms with E-state index in [1.165, 1.54) is 16.8 Å². The van der Waals surface area contributed by atoms with Crippen molar-refractivity contribution in [2.24, 2.45) is 0 Å². The van der Waals surface area contributed by atoms with E-state index in [0.717, 1.165) is 25.2 Å². The van der Waals surface area contributed by atoms with Crippen molar-refractivity contribution in [3.8, 4) is 0 Å². The van der Waals surface area contributed by atoms with Crippen LogP contribution in [-0.2, 0) is 6.54 Å². The molecule has 0 bridgehead atoms. The van der Waals surface area contributed by atoms with Gasteiger partial charge in [-0.2, -0.15) is 5.10 Å². The van der Waals surface area contributed by atoms with Crippen LogP contribution in [0.1, 0.15) is 41.9 Å². The van der Waals surface area contributed by atoms with Crippen molar-refractivity contribution in [1.29, 1.82) is 0 Å². The molecule has 1 aromatic heterocycles. The molecular formula is C17H25N3. The van der Waals surface area contributed by atoms with Crippen molar-refractivity contribution in [3.05, 3.63) is 52.8 Å². The van der Waals surface area contributed by atoms with E-state index in [9.17, 15) is 0 Å². The molecule has 3 nitrogen and oxygen atoms in total. The van der Waals surface area contributed by atoms with Gasteiger partial charge in [-0.15, -0.1) is 0 Å². The Morgan fingerprint density at radius 1 is 1.15 bits per heavy atom. The highest BCUT2D eigenvalue weighted by molar-refractivity contribution is 5.24. The molecule has 2 rings (SSSR count). The minimum atomic E-state index is 0.313. The van der Waals surface area contributed by atoms with Crippen molar-refractivity contribution < 1.29 is 0 Å². The van der Waals surface area contributed by atoms with E-state index >= 15 is 0 Å². The third kappa shape index (κ3) is 3.70. The number of hydrogen-bond acceptors (Lipinski definition) is 2. The standard InChI is InChI=1S/C17H25N3/c1-5-10-18-17(16-8-6-13(2)7-9-16)12-20-15(4)11-14(3)19-20/h6-9,11,17-18H,5,10,12H2,1-4H3. The first-order valence-corrected chi connectivity index (χ1v) is 7.41. The molecule has 1 atom stereocenters. The molecule has 0 aliphatic rings. The van der Waals surface area contributed by atoms with E-state index in [2.05, 4.69) is 66.2 Å². The number of aryl methyl sites for hydroxylation is 3. The zero-order valence-electron chi connectivity index (χ0n) is 13.0. The first kappa shape index (κ1) is 14.8. The molecule has 3 heteroatoms. The van der Waals surface area contributed by atoms with Gasteiger partial charge < -0.3 is 5.32 Å². The largest absolute Gasteiger partial charge is 0.308 e. The molecule has 0 radical (unpaired) electrons. The van der Waals surface area contributed by atoms with Gasteiger partial charge in [-0.1, -0.05) is 36.8 Å². The van der Waals surface area contributed by atoms with Crippen molar-refractivity contribution in [3.63, 3.8) is 0 Å². The maximum Gasteiger partial charge on any atom is 0.0607 e. The topological polar surface area (TPSA) is 29.9 Å². The average Bonchev–Trinajstić information content (AvgIpc) is 2.74. The molecule has 0 saturated carbocycles. The van der Waals surface area contributed by atoms with Crippen LogP contribution in [0.4, 0.5) is 0 Å². The van der Waals surface area contributed by atoms with E-state index in [1.807, 2.05) is 6.92 Å². The van der Waals surface area contributed by atoms with Crippen LogP contribution < -0.4 is 5.32 Å². The van der Waals surface area contributed by atoms with E-state index < -0.39 is 0 Å². The number of nitrogens with zero attached hydrogens (tertiary/aromatic N) is 2. The summed E-state index contributed by atoms with van der Waals surface area (Å²) in [6.45, 7) is 10.4. The Hall–Kier alpha value is -1.61. The Balaban J connectivity index is 2.18. The minimum Gasteiger partial charge on any atom is -0.308 e. The molecule has 1 aromatic carbocycles. The van der Waals surface area contributed by atoms with Crippen LogP contribution in [-0.4, -0.2) is 16.3 Å². The Morgan fingerprint density at radius 3 is 2.40 bits per heavy atom. The molecule has 0 saturated heterocycles. The van der Waals surface area contributed by atoms with Crippen molar-refractivity contribution in [2.45, 2.75) is 46.7 Å². The van der Waals surface area contributed by atoms with E-state index in [-0.39, 0.29) is 0 Å². The third-order valence-electron chi connectivity index (χ3n) is 3.58. The van der Waals surface area contributed by atoms with Gasteiger partial charge in [0.15, 0.2) is 0 Å². The third-order valence-corrected chi connectivity index (χ3v) is 3.58. The maximum absolute atomic E-state index is 4.58. The lowest BCUT2D eigenvalue weighted by Crippen LogP contribution is -2.27. The lowest BCUT2D eigenvalue weighted by molar-refractivity contribution is 0.432. The van der Waals surface area contributed by atoms with Gasteiger partial charge in [0.2, 0.25) is 0 Å². The summed E-state index contributed by atoms with van der Waals surface area (Å²) in [5.41, 5.74) is 4.93. The SMILES string of the molecule is CCCNC(Cn1nc(C)cc1C)c1ccc(C)cc1. The number of nitrogens with one attached hydrogen (secondary N) is 1. The fraction of sp³-hybridized carbons (Fsp3) is 0.471. The van der Waals surface area contributed by atoms with Crippen LogP contribution in [0.15, 0.2) is 30.3 Å². The van der Waals surface area contributed by atoms with Crippen LogP contribution in [0.2, 0.25) is 0 Å². The van der Waals surface area contributed by atoms with Gasteiger partial charge in [0.1, 0.15) is 0 Å². The summed E-state index contributed by atoms with van der Waals surface area (Å²) in [4.78, 5) is 0. The Labute approximate surface area is 122 Å². The quantitative estimate of drug-likeness (QED) is 0.870. The number of benzene rings is 1. The van der Waals surface area contributed by atoms with Gasteiger partial charge in [0.25, 0.3) is 0 Å². The Kier molecular flexibility index (Phi) is 4.96. The summed E-state index contributed by atoms with van der Waals surface area (Å²) < 4.78 is 2.10. The fourth-order valence-electron chi connectivity index (χ4n) is 2.44. The van der Waals surface area contributed by atoms with Crippen molar-refractivity contribution in [1.82, 2.24) is 15.1 Å². The fourth-order valence-corrected chi connectivity index (χ4v) is 2.44. The van der Waals surface area contributed by atoms with Gasteiger partial charge in [0, 0.05) is 5.69 Å². The average molecular weight is 271 g/mol. The number of aromatic nitrogens is 2. The molecule has 0 aliphatic heterocycles. The van der Waals surface area contributed by atoms with Gasteiger partial charge in [-0.05, 0) is 45.4 Å². The van der Waals surface area contributed by atoms with Gasteiger partial charge in [0.05, 0.1) is 18.3 Å². The predicted octanol–water partition coefficient (Wildman–Crippen LogP) is 3.55. The molecular weight excluding hydrogens is 246 g/mol. The molecule has 0 fully saturated rings. The first-order valence-electron chi connectivity index (χ1n) is 7.41. The molecule has 20 heavy (non-hydrogen) atoms. The van der Waals surface area contributed by atoms with Crippen LogP contribution in [0.25, 0.3) is 0 Å². The number of rotatable bonds is 6. The predicted molar refractivity (Wildman–Crippen MR) is 83.9 cm³/mol. The Morgan fingerprint density at radius 2 is 1.85 bits per heavy atom. The highest BCUT2D eigenvalue weighted by Crippen LogP contribution is 2.17. The second-order valence-corrected chi connectivity index (χ2v) is 5.53. The smallest absolute Gasteiger partial charge is 0.0607 e. The summed E-state index contributed by atoms with van der Waals surface area (Å²) >= 11 is 0. The van der Waals surface area contributed by atoms with Crippen LogP contribution in [0.3, 0.4) is 0 Å². The van der Waals surface area contributed by atoms with Gasteiger partial charge >= 0.3 is 0 Å². The number of hydrogen-bond donors (Lipinski definition) is 1. The van der Waals surface area contributed by atoms with Crippen LogP contribution in [0, 0.1) is 20.8 Å². The molecule has 1 unspecified atom stereocenters. The van der Waals surface area contributed by atoms with Gasteiger partial charge in [-0.3, -0.25) is 4.68 Å². The van der Waals surface area contributed by atoms with Crippen molar-refractivity contribution >= 4 is 0 Å². The molecule has 0 amide bonds. The van der Waals surface area contributed by atoms with Crippen molar-refractivity contribution in [2.75, 3.05) is 6.54 Å². The van der Waals surface area contributed by atoms with Crippen LogP contribution >= 0.6 is 0 Å². The highest BCUT2D eigenvalue weighted by Gasteiger charge is 2.13. The second kappa shape index (κ2) is 6.71. The normalized spacial score (nSPS) is 12.6. The maximum atomic E-state index is 4.58. The monoisotopic (exact) mass is 271 g/mol. The second-order valence-electron chi connectivity index (χ2n) is 5.53. The van der Waals surface area contributed by atoms with E-state index in [1.54, 1.807) is 0 Å². The van der Waals surface area contributed by atoms with Crippen LogP contribution in [0.5, 0.6) is 0 Å². The summed E-state index contributed by atoms with van der Waals surface area (Å²) in [6, 6.07) is 11.2. The zero-order valence-corrected chi connectivity index (χ0v) is 13.0. The molecule has 0 aliphatic carbocycles. The molecule has 1 heterocycles. The highest BCUT2D eigenvalue weighted by atomic mass is 15.3. The molecule has 2 aromatic rings. The summed E-state index contributed by atoms with van der Waals surface area (Å²) in [6.07, 6.45) is 1.14. The molecule has 108 valence electrons. The van der Waals surface area contributed by atoms with E-state index in [4.69, 9.17) is 0 Å². The Bertz CT molecular complexity index is 540. The summed E-state index contributed by atoms with van der Waals surface area (Å²) in [7, 11) is 0. The van der Waals surface area contributed by atoms with Gasteiger partial charge in [-0.25, -0.2) is 0 Å². The minimum absolute atomic E-state index is 0.313. The summed E-state index contributed by atoms with van der Waals surface area (Å²) in [5, 5.41) is 8.21. The lowest BCUT2D eigenvalue weighted by atomic mass is 10.0.